The number of likely N-dealkylation sites (N-methyl/N-ethyl adjacent to an activating group) is 1. The predicted molar refractivity (Wildman–Crippen MR) is 81.6 cm³/mol. The van der Waals surface area contributed by atoms with Crippen molar-refractivity contribution in [2.45, 2.75) is 39.7 Å². The minimum absolute atomic E-state index is 0.00523. The Morgan fingerprint density at radius 1 is 1.43 bits per heavy atom. The zero-order chi connectivity index (χ0) is 15.8. The van der Waals surface area contributed by atoms with Crippen LogP contribution in [-0.2, 0) is 14.3 Å². The number of rotatable bonds is 7. The van der Waals surface area contributed by atoms with Crippen LogP contribution in [-0.4, -0.2) is 55.6 Å². The fraction of sp³-hybridized carbons (Fsp3) is 0.867. The minimum Gasteiger partial charge on any atom is -0.377 e. The summed E-state index contributed by atoms with van der Waals surface area (Å²) >= 11 is 0. The molecule has 0 aliphatic carbocycles. The molecule has 1 rings (SSSR count). The molecular weight excluding hydrogens is 270 g/mol. The molecule has 2 atom stereocenters. The van der Waals surface area contributed by atoms with Crippen LogP contribution in [0.5, 0.6) is 0 Å². The number of nitrogens with two attached hydrogens (primary N) is 1. The number of hydrogen-bond acceptors (Lipinski definition) is 4. The number of nitrogens with zero attached hydrogens (tertiary/aromatic N) is 1. The Morgan fingerprint density at radius 3 is 2.71 bits per heavy atom. The van der Waals surface area contributed by atoms with E-state index in [-0.39, 0.29) is 24.3 Å². The highest BCUT2D eigenvalue weighted by Gasteiger charge is 2.33. The maximum Gasteiger partial charge on any atom is 0.245 e. The van der Waals surface area contributed by atoms with Crippen molar-refractivity contribution < 1.29 is 14.3 Å². The van der Waals surface area contributed by atoms with E-state index in [4.69, 9.17) is 10.5 Å². The lowest BCUT2D eigenvalue weighted by Crippen LogP contribution is -2.56. The smallest absolute Gasteiger partial charge is 0.245 e. The van der Waals surface area contributed by atoms with Gasteiger partial charge in [0.25, 0.3) is 0 Å². The molecule has 1 heterocycles. The summed E-state index contributed by atoms with van der Waals surface area (Å²) in [7, 11) is 0. The van der Waals surface area contributed by atoms with Crippen LogP contribution in [0.25, 0.3) is 0 Å². The third kappa shape index (κ3) is 5.63. The van der Waals surface area contributed by atoms with Gasteiger partial charge in [-0.3, -0.25) is 9.59 Å². The summed E-state index contributed by atoms with van der Waals surface area (Å²) in [5, 5.41) is 2.76. The molecule has 6 nitrogen and oxygen atoms in total. The largest absolute Gasteiger partial charge is 0.377 e. The summed E-state index contributed by atoms with van der Waals surface area (Å²) < 4.78 is 5.35. The van der Waals surface area contributed by atoms with E-state index in [0.29, 0.717) is 38.6 Å². The molecule has 0 bridgehead atoms. The molecule has 1 fully saturated rings. The van der Waals surface area contributed by atoms with Gasteiger partial charge in [-0.25, -0.2) is 0 Å². The van der Waals surface area contributed by atoms with Crippen LogP contribution in [0.15, 0.2) is 0 Å². The summed E-state index contributed by atoms with van der Waals surface area (Å²) in [6, 6.07) is -0.510. The highest BCUT2D eigenvalue weighted by molar-refractivity contribution is 5.88. The third-order valence-electron chi connectivity index (χ3n) is 3.70. The van der Waals surface area contributed by atoms with E-state index in [1.54, 1.807) is 4.90 Å². The number of ether oxygens (including phenoxy) is 1. The molecule has 2 amide bonds. The van der Waals surface area contributed by atoms with Crippen LogP contribution >= 0.6 is 0 Å². The summed E-state index contributed by atoms with van der Waals surface area (Å²) in [6.07, 6.45) is 1.34. The van der Waals surface area contributed by atoms with Crippen LogP contribution in [0.2, 0.25) is 0 Å². The summed E-state index contributed by atoms with van der Waals surface area (Å²) in [5.41, 5.74) is 5.77. The van der Waals surface area contributed by atoms with Crippen LogP contribution < -0.4 is 11.1 Å². The zero-order valence-electron chi connectivity index (χ0n) is 13.4. The maximum atomic E-state index is 12.5. The second kappa shape index (κ2) is 9.00. The van der Waals surface area contributed by atoms with Gasteiger partial charge in [-0.2, -0.15) is 0 Å². The molecule has 0 aromatic carbocycles. The van der Waals surface area contributed by atoms with Crippen molar-refractivity contribution in [2.75, 3.05) is 32.8 Å². The number of morpholine rings is 1. The quantitative estimate of drug-likeness (QED) is 0.711. The second-order valence-electron chi connectivity index (χ2n) is 6.01. The van der Waals surface area contributed by atoms with Crippen LogP contribution in [0.3, 0.4) is 0 Å². The Kier molecular flexibility index (Phi) is 7.67. The minimum atomic E-state index is -0.510. The lowest BCUT2D eigenvalue weighted by molar-refractivity contribution is -0.149. The van der Waals surface area contributed by atoms with Crippen molar-refractivity contribution in [3.63, 3.8) is 0 Å². The predicted octanol–water partition coefficient (Wildman–Crippen LogP) is 0.361. The summed E-state index contributed by atoms with van der Waals surface area (Å²) in [6.45, 7) is 8.39. The fourth-order valence-electron chi connectivity index (χ4n) is 2.71. The Labute approximate surface area is 127 Å². The van der Waals surface area contributed by atoms with E-state index in [0.717, 1.165) is 6.42 Å². The molecule has 0 aromatic heterocycles. The van der Waals surface area contributed by atoms with Gasteiger partial charge in [0.2, 0.25) is 11.8 Å². The van der Waals surface area contributed by atoms with E-state index >= 15 is 0 Å². The van der Waals surface area contributed by atoms with Gasteiger partial charge in [0.05, 0.1) is 13.2 Å². The van der Waals surface area contributed by atoms with Gasteiger partial charge in [0.1, 0.15) is 6.04 Å². The first-order chi connectivity index (χ1) is 9.99. The Bertz CT molecular complexity index is 347. The highest BCUT2D eigenvalue weighted by Crippen LogP contribution is 2.18. The lowest BCUT2D eigenvalue weighted by atomic mass is 9.93. The first-order valence-corrected chi connectivity index (χ1v) is 7.84. The molecule has 3 N–H and O–H groups in total. The van der Waals surface area contributed by atoms with E-state index in [9.17, 15) is 9.59 Å². The van der Waals surface area contributed by atoms with Gasteiger partial charge in [0.15, 0.2) is 0 Å². The van der Waals surface area contributed by atoms with Gasteiger partial charge >= 0.3 is 0 Å². The van der Waals surface area contributed by atoms with Crippen molar-refractivity contribution in [3.8, 4) is 0 Å². The molecule has 1 saturated heterocycles. The van der Waals surface area contributed by atoms with Crippen LogP contribution in [0, 0.1) is 11.8 Å². The molecule has 0 saturated carbocycles. The molecule has 1 aliphatic heterocycles. The summed E-state index contributed by atoms with van der Waals surface area (Å²) in [4.78, 5) is 26.2. The zero-order valence-corrected chi connectivity index (χ0v) is 13.4. The fourth-order valence-corrected chi connectivity index (χ4v) is 2.71. The molecule has 0 radical (unpaired) electrons. The van der Waals surface area contributed by atoms with Gasteiger partial charge in [-0.15, -0.1) is 0 Å². The second-order valence-corrected chi connectivity index (χ2v) is 6.01. The number of hydrogen-bond donors (Lipinski definition) is 2. The van der Waals surface area contributed by atoms with Crippen LogP contribution in [0.1, 0.15) is 33.6 Å². The molecule has 1 aliphatic rings. The monoisotopic (exact) mass is 299 g/mol. The van der Waals surface area contributed by atoms with Crippen LogP contribution in [0.4, 0.5) is 0 Å². The molecule has 6 heteroatoms. The molecular formula is C15H29N3O3. The first kappa shape index (κ1) is 17.9. The number of amides is 2. The maximum absolute atomic E-state index is 12.5. The SMILES string of the molecule is CCNC(=O)C1COCCN1C(=O)CC(CN)CC(C)C. The van der Waals surface area contributed by atoms with Crippen molar-refractivity contribution >= 4 is 11.8 Å². The third-order valence-corrected chi connectivity index (χ3v) is 3.70. The van der Waals surface area contributed by atoms with Gasteiger partial charge < -0.3 is 20.7 Å². The average molecular weight is 299 g/mol. The Hall–Kier alpha value is -1.14. The molecule has 122 valence electrons. The van der Waals surface area contributed by atoms with Crippen molar-refractivity contribution in [3.05, 3.63) is 0 Å². The normalized spacial score (nSPS) is 20.4. The molecule has 21 heavy (non-hydrogen) atoms. The van der Waals surface area contributed by atoms with E-state index in [1.165, 1.54) is 0 Å². The summed E-state index contributed by atoms with van der Waals surface area (Å²) in [5.74, 6) is 0.551. The highest BCUT2D eigenvalue weighted by atomic mass is 16.5. The molecule has 0 aromatic rings. The molecule has 2 unspecified atom stereocenters. The lowest BCUT2D eigenvalue weighted by Gasteiger charge is -2.35. The van der Waals surface area contributed by atoms with Gasteiger partial charge in [-0.1, -0.05) is 13.8 Å². The molecule has 0 spiro atoms. The van der Waals surface area contributed by atoms with E-state index in [1.807, 2.05) is 6.92 Å². The first-order valence-electron chi connectivity index (χ1n) is 7.84. The van der Waals surface area contributed by atoms with Crippen molar-refractivity contribution in [1.29, 1.82) is 0 Å². The number of carbonyl (C=O) groups is 2. The average Bonchev–Trinajstić information content (AvgIpc) is 2.46. The standard InChI is InChI=1S/C15H29N3O3/c1-4-17-15(20)13-10-21-6-5-18(13)14(19)8-12(9-16)7-11(2)3/h11-13H,4-10,16H2,1-3H3,(H,17,20). The number of nitrogens with one attached hydrogen (secondary N) is 1. The van der Waals surface area contributed by atoms with E-state index in [2.05, 4.69) is 19.2 Å². The van der Waals surface area contributed by atoms with Gasteiger partial charge in [0, 0.05) is 19.5 Å². The van der Waals surface area contributed by atoms with Crippen molar-refractivity contribution in [1.82, 2.24) is 10.2 Å². The van der Waals surface area contributed by atoms with Gasteiger partial charge in [-0.05, 0) is 31.7 Å². The topological polar surface area (TPSA) is 84.7 Å². The number of carbonyl (C=O) groups excluding carboxylic acids is 2. The van der Waals surface area contributed by atoms with Crippen molar-refractivity contribution in [2.24, 2.45) is 17.6 Å². The Morgan fingerprint density at radius 2 is 2.14 bits per heavy atom. The Balaban J connectivity index is 2.65. The van der Waals surface area contributed by atoms with E-state index < -0.39 is 6.04 Å².